The Morgan fingerprint density at radius 3 is 0.631 bits per heavy atom. The summed E-state index contributed by atoms with van der Waals surface area (Å²) in [6.45, 7) is 0. The molecule has 0 saturated carbocycles. The van der Waals surface area contributed by atoms with E-state index in [0.717, 1.165) is 42.5 Å². The quantitative estimate of drug-likeness (QED) is 0.0273. The molecule has 0 aliphatic heterocycles. The fourth-order valence-electron chi connectivity index (χ4n) is 11.6. The number of carbonyl (C=O) groups is 7. The summed E-state index contributed by atoms with van der Waals surface area (Å²) in [4.78, 5) is 87.9. The third-order valence-electron chi connectivity index (χ3n) is 19.3. The Labute approximate surface area is 1030 Å². The van der Waals surface area contributed by atoms with Gasteiger partial charge in [0.05, 0.1) is 80.4 Å². The lowest BCUT2D eigenvalue weighted by Crippen LogP contribution is -2.07. The van der Waals surface area contributed by atoms with Gasteiger partial charge in [0, 0.05) is 100 Å². The van der Waals surface area contributed by atoms with Gasteiger partial charge in [-0.2, -0.15) is 0 Å². The van der Waals surface area contributed by atoms with Crippen LogP contribution in [0.25, 0.3) is 0 Å². The Bertz CT molecular complexity index is 7730. The van der Waals surface area contributed by atoms with Crippen molar-refractivity contribution in [1.82, 2.24) is 0 Å². The molecule has 0 amide bonds. The van der Waals surface area contributed by atoms with E-state index in [9.17, 15) is 177 Å². The minimum Gasteiger partial charge on any atom is -0.504 e. The van der Waals surface area contributed by atoms with Gasteiger partial charge in [-0.25, -0.2) is 0 Å². The number of hydrogen-bond acceptors (Lipinski definition) is 35. The smallest absolute Gasteiger partial charge is 0.197 e. The zero-order valence-electron chi connectivity index (χ0n) is 71.0. The third kappa shape index (κ3) is 27.5. The van der Waals surface area contributed by atoms with E-state index in [2.05, 4.69) is 366 Å². The molecule has 0 saturated heterocycles. The van der Waals surface area contributed by atoms with Crippen molar-refractivity contribution >= 4 is 407 Å². The third-order valence-corrected chi connectivity index (χ3v) is 40.1. The number of ketones is 7. The number of phenolic OH excluding ortho intramolecular Hbond substituents is 28. The van der Waals surface area contributed by atoms with E-state index >= 15 is 0 Å². The first-order valence-corrected chi connectivity index (χ1v) is 56.3. The van der Waals surface area contributed by atoms with Crippen LogP contribution in [0.2, 0.25) is 0 Å². The molecular weight excluding hydrogens is 3490 g/mol. The predicted octanol–water partition coefficient (Wildman–Crippen LogP) is 29.7. The fraction of sp³-hybridized carbons (Fsp3) is 0. The molecule has 0 unspecified atom stereocenters. The molecule has 0 fully saturated rings. The molecule has 14 rings (SSSR count). The Hall–Kier alpha value is -7.79. The standard InChI is InChI=1S/C13H4Br6O5.C13H5Br5O5.3C13H7Br3O5.C13H8Br2O5.C13H9BrO5/c14-3-1(5(16)10(21)12(23)7(3)18)9(20)2-4(15)8(19)13(24)11(22)6(2)17;14-5-2(1-3(19)11(21)8(5)17)10(20)4-6(15)9(18)13(23)12(22)7(4)16;14-6-3-8(18)7(17)1-4(6)12(20)5-2-9(19)13(21)11(16)10(5)15;14-5-2-8(18)7(17)1-4(5)12(20)10-6(15)3-9(19)13(21)11(10)16;14-8-5(3-7(18)13(21)10(8)16)11(19)4-1-2-6(17)12(20)9(4)15;14-7-4-10(18)9(17)3-6(7)12(19)5-1-2-8(16)13(20)11(5)15;14-11-7(2-4-9(16)13(11)19)12(18)6-1-3-8(15)10(17)5-6/h21-24H;1,19,21-23H;2*1-3,17-19,21H;1-3,17-18,20-21H;1-4,16-18,20H;1-5,15-17,19H. The van der Waals surface area contributed by atoms with Crippen LogP contribution in [0.15, 0.2) is 218 Å². The predicted molar refractivity (Wildman–Crippen MR) is 618 cm³/mol. The average molecular weight is 3540 g/mol. The van der Waals surface area contributed by atoms with Crippen LogP contribution in [0.1, 0.15) is 111 Å². The molecule has 0 spiro atoms. The number of rotatable bonds is 14. The van der Waals surface area contributed by atoms with Crippen LogP contribution in [0, 0.1) is 0 Å². The summed E-state index contributed by atoms with van der Waals surface area (Å²) in [5.41, 5.74) is 0.977. The van der Waals surface area contributed by atoms with Crippen molar-refractivity contribution in [2.75, 3.05) is 0 Å². The first-order chi connectivity index (χ1) is 69.1. The number of phenols is 28. The molecule has 0 aliphatic carbocycles. The van der Waals surface area contributed by atoms with E-state index in [-0.39, 0.29) is 221 Å². The van der Waals surface area contributed by atoms with E-state index in [1.165, 1.54) is 72.8 Å². The molecule has 14 aromatic carbocycles. The van der Waals surface area contributed by atoms with Gasteiger partial charge >= 0.3 is 0 Å². The van der Waals surface area contributed by atoms with E-state index in [1.807, 2.05) is 0 Å². The summed E-state index contributed by atoms with van der Waals surface area (Å²) < 4.78 is 3.09. The summed E-state index contributed by atoms with van der Waals surface area (Å²) in [7, 11) is 0. The number of benzene rings is 14. The van der Waals surface area contributed by atoms with Gasteiger partial charge < -0.3 is 143 Å². The molecule has 0 radical (unpaired) electrons. The van der Waals surface area contributed by atoms with Gasteiger partial charge in [0.1, 0.15) is 0 Å². The zero-order chi connectivity index (χ0) is 113. The highest BCUT2D eigenvalue weighted by molar-refractivity contribution is 9.15. The van der Waals surface area contributed by atoms with Crippen LogP contribution >= 0.6 is 366 Å². The summed E-state index contributed by atoms with van der Waals surface area (Å²) in [6.07, 6.45) is 0. The first-order valence-electron chi connectivity index (χ1n) is 38.0. The van der Waals surface area contributed by atoms with Crippen molar-refractivity contribution in [1.29, 1.82) is 0 Å². The maximum absolute atomic E-state index is 13.0. The highest BCUT2D eigenvalue weighted by atomic mass is 79.9. The average Bonchev–Trinajstić information content (AvgIpc) is 0.756. The molecular formula is C91H47Br23O35. The van der Waals surface area contributed by atoms with E-state index in [1.54, 1.807) is 0 Å². The number of halogens is 23. The minimum atomic E-state index is -0.612. The molecule has 28 N–H and O–H groups in total. The monoisotopic (exact) mass is 3510 g/mol. The second kappa shape index (κ2) is 52.6. The minimum absolute atomic E-state index is 0.00411. The van der Waals surface area contributed by atoms with Crippen LogP contribution in [0.3, 0.4) is 0 Å². The lowest BCUT2D eigenvalue weighted by atomic mass is 10.0. The lowest BCUT2D eigenvalue weighted by Gasteiger charge is -2.16. The van der Waals surface area contributed by atoms with Crippen LogP contribution < -0.4 is 0 Å². The van der Waals surface area contributed by atoms with Gasteiger partial charge in [-0.1, -0.05) is 0 Å². The van der Waals surface area contributed by atoms with Crippen molar-refractivity contribution < 1.29 is 177 Å². The molecule has 0 bridgehead atoms. The highest BCUT2D eigenvalue weighted by Crippen LogP contribution is 2.56. The van der Waals surface area contributed by atoms with Crippen molar-refractivity contribution in [3.05, 3.63) is 296 Å². The Morgan fingerprint density at radius 2 is 0.322 bits per heavy atom. The summed E-state index contributed by atoms with van der Waals surface area (Å²) in [6, 6.07) is 22.5. The first kappa shape index (κ1) is 126. The summed E-state index contributed by atoms with van der Waals surface area (Å²) in [5.74, 6) is -15.7. The zero-order valence-corrected chi connectivity index (χ0v) is 108. The normalized spacial score (nSPS) is 10.7. The van der Waals surface area contributed by atoms with Gasteiger partial charge in [0.2, 0.25) is 0 Å². The SMILES string of the molecule is O=C(c1c(Br)c(O)c(O)c(Br)c1Br)c1c(Br)c(O)c(O)c(Br)c1Br.O=C(c1cc(O)c(O)c(Br)c1Br)c1c(Br)c(O)c(O)c(Br)c1Br.O=C(c1cc(O)c(O)cc1Br)c1c(Br)cc(O)c(O)c1Br.O=C(c1cc(O)c(O)cc1Br)c1cc(O)c(O)c(Br)c1Br.O=C(c1cc(O)c(O)cc1Br)c1ccc(O)c(O)c1Br.O=C(c1ccc(O)c(O)c1)c1ccc(O)c(O)c1Br.O=C(c1ccc(O)c(O)c1Br)c1cc(O)c(O)c(Br)c1Br. The topological polar surface area (TPSA) is 686 Å². The number of carbonyl (C=O) groups excluding carboxylic acids is 7. The molecule has 0 atom stereocenters. The number of hydrogen-bond donors (Lipinski definition) is 28. The fourth-order valence-corrected chi connectivity index (χ4v) is 24.2. The molecule has 0 aliphatic rings. The largest absolute Gasteiger partial charge is 0.504 e. The van der Waals surface area contributed by atoms with Crippen LogP contribution in [0.4, 0.5) is 0 Å². The molecule has 0 aromatic heterocycles. The molecule has 58 heteroatoms. The van der Waals surface area contributed by atoms with Gasteiger partial charge in [-0.3, -0.25) is 33.6 Å². The van der Waals surface area contributed by atoms with Crippen molar-refractivity contribution in [3.63, 3.8) is 0 Å². The molecule has 149 heavy (non-hydrogen) atoms. The van der Waals surface area contributed by atoms with Gasteiger partial charge in [-0.05, 0) is 482 Å². The van der Waals surface area contributed by atoms with Crippen LogP contribution in [0.5, 0.6) is 161 Å². The van der Waals surface area contributed by atoms with Crippen molar-refractivity contribution in [3.8, 4) is 161 Å². The highest BCUT2D eigenvalue weighted by Gasteiger charge is 2.35. The molecule has 782 valence electrons. The Balaban J connectivity index is 0.000000212. The van der Waals surface area contributed by atoms with E-state index in [0.29, 0.717) is 0 Å². The van der Waals surface area contributed by atoms with Gasteiger partial charge in [-0.15, -0.1) is 0 Å². The van der Waals surface area contributed by atoms with Crippen molar-refractivity contribution in [2.24, 2.45) is 0 Å². The second-order valence-corrected chi connectivity index (χ2v) is 47.1. The van der Waals surface area contributed by atoms with Crippen LogP contribution in [-0.4, -0.2) is 183 Å². The molecule has 35 nitrogen and oxygen atoms in total. The van der Waals surface area contributed by atoms with Gasteiger partial charge in [0.15, 0.2) is 201 Å². The summed E-state index contributed by atoms with van der Waals surface area (Å²) >= 11 is 71.3. The van der Waals surface area contributed by atoms with Gasteiger partial charge in [0.25, 0.3) is 0 Å². The van der Waals surface area contributed by atoms with Crippen molar-refractivity contribution in [2.45, 2.75) is 0 Å². The molecule has 0 heterocycles. The van der Waals surface area contributed by atoms with E-state index < -0.39 is 161 Å². The second-order valence-electron chi connectivity index (χ2n) is 28.6. The van der Waals surface area contributed by atoms with Crippen LogP contribution in [-0.2, 0) is 0 Å². The maximum Gasteiger partial charge on any atom is 0.197 e. The Kier molecular flexibility index (Phi) is 44.6. The summed E-state index contributed by atoms with van der Waals surface area (Å²) in [5, 5.41) is 268. The lowest BCUT2D eigenvalue weighted by molar-refractivity contribution is 0.102. The number of aromatic hydroxyl groups is 28. The molecule has 14 aromatic rings. The van der Waals surface area contributed by atoms with E-state index in [4.69, 9.17) is 0 Å². The maximum atomic E-state index is 13.0. The Morgan fingerprint density at radius 1 is 0.128 bits per heavy atom.